The van der Waals surface area contributed by atoms with Crippen molar-refractivity contribution in [3.63, 3.8) is 0 Å². The zero-order valence-electron chi connectivity index (χ0n) is 10.3. The van der Waals surface area contributed by atoms with Crippen molar-refractivity contribution >= 4 is 0 Å². The summed E-state index contributed by atoms with van der Waals surface area (Å²) in [6, 6.07) is 6.64. The number of aromatic nitrogens is 2. The predicted molar refractivity (Wildman–Crippen MR) is 62.6 cm³/mol. The first-order valence-corrected chi connectivity index (χ1v) is 6.07. The fourth-order valence-corrected chi connectivity index (χ4v) is 2.09. The minimum Gasteiger partial charge on any atom is -0.392 e. The third-order valence-electron chi connectivity index (χ3n) is 3.50. The number of nitrogens with zero attached hydrogens (tertiary/aromatic N) is 2. The molecule has 0 aliphatic heterocycles. The van der Waals surface area contributed by atoms with Gasteiger partial charge in [0.05, 0.1) is 6.61 Å². The van der Waals surface area contributed by atoms with Crippen LogP contribution in [0.4, 0.5) is 13.2 Å². The summed E-state index contributed by atoms with van der Waals surface area (Å²) < 4.78 is 43.7. The van der Waals surface area contributed by atoms with Crippen molar-refractivity contribution in [1.29, 1.82) is 0 Å². The van der Waals surface area contributed by atoms with Crippen LogP contribution in [-0.2, 0) is 12.0 Å². The van der Waals surface area contributed by atoms with E-state index in [1.807, 2.05) is 0 Å². The van der Waals surface area contributed by atoms with Crippen LogP contribution in [0.25, 0.3) is 11.4 Å². The zero-order valence-corrected chi connectivity index (χ0v) is 10.3. The monoisotopic (exact) mass is 284 g/mol. The summed E-state index contributed by atoms with van der Waals surface area (Å²) in [7, 11) is 0. The van der Waals surface area contributed by atoms with Crippen LogP contribution < -0.4 is 0 Å². The molecule has 1 N–H and O–H groups in total. The molecule has 0 radical (unpaired) electrons. The van der Waals surface area contributed by atoms with E-state index in [2.05, 4.69) is 10.1 Å². The molecule has 1 fully saturated rings. The molecule has 20 heavy (non-hydrogen) atoms. The highest BCUT2D eigenvalue weighted by Gasteiger charge is 2.68. The van der Waals surface area contributed by atoms with E-state index in [0.717, 1.165) is 0 Å². The van der Waals surface area contributed by atoms with Crippen molar-refractivity contribution in [2.45, 2.75) is 31.0 Å². The highest BCUT2D eigenvalue weighted by molar-refractivity contribution is 5.55. The van der Waals surface area contributed by atoms with Crippen molar-refractivity contribution in [2.24, 2.45) is 0 Å². The molecule has 7 heteroatoms. The van der Waals surface area contributed by atoms with E-state index >= 15 is 0 Å². The molecule has 1 aromatic heterocycles. The molecule has 1 heterocycles. The standard InChI is InChI=1S/C13H11F3N2O2/c14-13(15,16)12(4-5-12)11-17-10(18-20-11)9-3-1-2-8(6-9)7-19/h1-3,6,19H,4-5,7H2. The molecular weight excluding hydrogens is 273 g/mol. The molecule has 0 atom stereocenters. The van der Waals surface area contributed by atoms with Crippen LogP contribution in [0.1, 0.15) is 24.3 Å². The van der Waals surface area contributed by atoms with Gasteiger partial charge in [-0.1, -0.05) is 23.4 Å². The minimum atomic E-state index is -4.37. The molecular formula is C13H11F3N2O2. The highest BCUT2D eigenvalue weighted by Crippen LogP contribution is 2.58. The van der Waals surface area contributed by atoms with Gasteiger partial charge in [0, 0.05) is 5.56 Å². The number of halogens is 3. The van der Waals surface area contributed by atoms with Crippen LogP contribution in [0.15, 0.2) is 28.8 Å². The summed E-state index contributed by atoms with van der Waals surface area (Å²) in [4.78, 5) is 3.88. The molecule has 2 aromatic rings. The first-order chi connectivity index (χ1) is 9.46. The van der Waals surface area contributed by atoms with Crippen molar-refractivity contribution in [2.75, 3.05) is 0 Å². The number of alkyl halides is 3. The number of hydrogen-bond acceptors (Lipinski definition) is 4. The molecule has 1 aliphatic rings. The third-order valence-corrected chi connectivity index (χ3v) is 3.50. The molecule has 4 nitrogen and oxygen atoms in total. The second-order valence-corrected chi connectivity index (χ2v) is 4.86. The topological polar surface area (TPSA) is 59.2 Å². The maximum absolute atomic E-state index is 13.0. The van der Waals surface area contributed by atoms with E-state index in [1.54, 1.807) is 24.3 Å². The second kappa shape index (κ2) is 4.31. The van der Waals surface area contributed by atoms with Gasteiger partial charge in [0.1, 0.15) is 5.41 Å². The van der Waals surface area contributed by atoms with Gasteiger partial charge >= 0.3 is 6.18 Å². The molecule has 1 aromatic carbocycles. The molecule has 1 aliphatic carbocycles. The van der Waals surface area contributed by atoms with Gasteiger partial charge in [0.15, 0.2) is 0 Å². The Morgan fingerprint density at radius 1 is 1.30 bits per heavy atom. The maximum atomic E-state index is 13.0. The van der Waals surface area contributed by atoms with Gasteiger partial charge < -0.3 is 9.63 Å². The van der Waals surface area contributed by atoms with Gasteiger partial charge in [-0.25, -0.2) is 0 Å². The lowest BCUT2D eigenvalue weighted by molar-refractivity contribution is -0.166. The first-order valence-electron chi connectivity index (χ1n) is 6.07. The van der Waals surface area contributed by atoms with Gasteiger partial charge in [-0.15, -0.1) is 0 Å². The van der Waals surface area contributed by atoms with E-state index in [4.69, 9.17) is 9.63 Å². The van der Waals surface area contributed by atoms with Crippen LogP contribution in [0.3, 0.4) is 0 Å². The Labute approximate surface area is 112 Å². The molecule has 1 saturated carbocycles. The number of hydrogen-bond donors (Lipinski definition) is 1. The summed E-state index contributed by atoms with van der Waals surface area (Å²) in [5.74, 6) is -0.278. The van der Waals surface area contributed by atoms with Gasteiger partial charge in [0.25, 0.3) is 0 Å². The van der Waals surface area contributed by atoms with Gasteiger partial charge in [-0.05, 0) is 24.5 Å². The molecule has 3 rings (SSSR count). The Hall–Kier alpha value is -1.89. The number of benzene rings is 1. The molecule has 0 saturated heterocycles. The Bertz CT molecular complexity index is 633. The van der Waals surface area contributed by atoms with Crippen LogP contribution in [0.2, 0.25) is 0 Å². The van der Waals surface area contributed by atoms with E-state index < -0.39 is 11.6 Å². The van der Waals surface area contributed by atoms with Gasteiger partial charge in [0.2, 0.25) is 11.7 Å². The largest absolute Gasteiger partial charge is 0.403 e. The number of aliphatic hydroxyl groups excluding tert-OH is 1. The summed E-state index contributed by atoms with van der Waals surface area (Å²) in [6.07, 6.45) is -4.41. The maximum Gasteiger partial charge on any atom is 0.403 e. The van der Waals surface area contributed by atoms with Crippen LogP contribution in [0, 0.1) is 0 Å². The van der Waals surface area contributed by atoms with E-state index in [0.29, 0.717) is 11.1 Å². The fourth-order valence-electron chi connectivity index (χ4n) is 2.09. The Balaban J connectivity index is 1.95. The lowest BCUT2D eigenvalue weighted by atomic mass is 10.1. The summed E-state index contributed by atoms with van der Waals surface area (Å²) in [6.45, 7) is -0.162. The lowest BCUT2D eigenvalue weighted by Gasteiger charge is -2.13. The van der Waals surface area contributed by atoms with E-state index in [9.17, 15) is 13.2 Å². The summed E-state index contributed by atoms with van der Waals surface area (Å²) in [5, 5.41) is 12.7. The number of rotatable bonds is 3. The van der Waals surface area contributed by atoms with Gasteiger partial charge in [-0.2, -0.15) is 18.2 Å². The SMILES string of the molecule is OCc1cccc(-c2noc(C3(C(F)(F)F)CC3)n2)c1. The highest BCUT2D eigenvalue weighted by atomic mass is 19.4. The zero-order chi connectivity index (χ0) is 14.4. The smallest absolute Gasteiger partial charge is 0.392 e. The lowest BCUT2D eigenvalue weighted by Crippen LogP contribution is -2.28. The Morgan fingerprint density at radius 3 is 2.65 bits per heavy atom. The van der Waals surface area contributed by atoms with Crippen LogP contribution in [0.5, 0.6) is 0 Å². The second-order valence-electron chi connectivity index (χ2n) is 4.86. The molecule has 0 amide bonds. The minimum absolute atomic E-state index is 0.0190. The van der Waals surface area contributed by atoms with Gasteiger partial charge in [-0.3, -0.25) is 0 Å². The van der Waals surface area contributed by atoms with Crippen molar-refractivity contribution in [3.8, 4) is 11.4 Å². The molecule has 106 valence electrons. The summed E-state index contributed by atoms with van der Waals surface area (Å²) >= 11 is 0. The van der Waals surface area contributed by atoms with Crippen molar-refractivity contribution in [3.05, 3.63) is 35.7 Å². The van der Waals surface area contributed by atoms with Crippen LogP contribution in [-0.4, -0.2) is 21.4 Å². The quantitative estimate of drug-likeness (QED) is 0.941. The number of aliphatic hydroxyl groups is 1. The molecule has 0 spiro atoms. The first kappa shape index (κ1) is 13.1. The average Bonchev–Trinajstić information content (AvgIpc) is 3.11. The van der Waals surface area contributed by atoms with Crippen molar-refractivity contribution < 1.29 is 22.8 Å². The van der Waals surface area contributed by atoms with E-state index in [1.165, 1.54) is 0 Å². The molecule has 0 unspecified atom stereocenters. The Kier molecular flexibility index (Phi) is 2.82. The average molecular weight is 284 g/mol. The third kappa shape index (κ3) is 1.98. The predicted octanol–water partition coefficient (Wildman–Crippen LogP) is 2.82. The van der Waals surface area contributed by atoms with E-state index in [-0.39, 0.29) is 31.2 Å². The van der Waals surface area contributed by atoms with Crippen molar-refractivity contribution in [1.82, 2.24) is 10.1 Å². The normalized spacial score (nSPS) is 17.2. The Morgan fingerprint density at radius 2 is 2.05 bits per heavy atom. The summed E-state index contributed by atoms with van der Waals surface area (Å²) in [5.41, 5.74) is -0.817. The fraction of sp³-hybridized carbons (Fsp3) is 0.385. The van der Waals surface area contributed by atoms with Crippen LogP contribution >= 0.6 is 0 Å². The molecule has 0 bridgehead atoms.